The van der Waals surface area contributed by atoms with E-state index >= 15 is 0 Å². The number of hydrogen-bond acceptors (Lipinski definition) is 5. The zero-order valence-electron chi connectivity index (χ0n) is 6.87. The normalized spacial score (nSPS) is 10.7. The number of hydrogen-bond donors (Lipinski definition) is 4. The van der Waals surface area contributed by atoms with Crippen LogP contribution in [0.1, 0.15) is 13.3 Å². The molecule has 0 aromatic heterocycles. The number of aliphatic carboxylic acids is 1. The molecule has 1 atom stereocenters. The first-order valence-electron chi connectivity index (χ1n) is 3.19. The second-order valence-electron chi connectivity index (χ2n) is 1.99. The minimum absolute atomic E-state index is 0.303. The van der Waals surface area contributed by atoms with Crippen molar-refractivity contribution in [1.29, 1.82) is 0 Å². The van der Waals surface area contributed by atoms with Gasteiger partial charge < -0.3 is 9.90 Å². The molecule has 0 saturated carbocycles. The molecule has 0 radical (unpaired) electrons. The van der Waals surface area contributed by atoms with Gasteiger partial charge in [-0.15, -0.1) is 0 Å². The molecule has 72 valence electrons. The van der Waals surface area contributed by atoms with Gasteiger partial charge in [-0.3, -0.25) is 16.1 Å². The molecule has 0 fully saturated rings. The highest BCUT2D eigenvalue weighted by molar-refractivity contribution is 5.81. The molecule has 1 amide bonds. The maximum absolute atomic E-state index is 10.5. The summed E-state index contributed by atoms with van der Waals surface area (Å²) < 4.78 is 0. The number of nitrogens with one attached hydrogen (secondary N) is 1. The van der Waals surface area contributed by atoms with Gasteiger partial charge in [0.1, 0.15) is 0 Å². The van der Waals surface area contributed by atoms with Crippen molar-refractivity contribution in [3.63, 3.8) is 0 Å². The molecule has 7 nitrogen and oxygen atoms in total. The van der Waals surface area contributed by atoms with Crippen molar-refractivity contribution in [2.45, 2.75) is 13.3 Å². The fourth-order valence-electron chi connectivity index (χ4n) is 0.485. The molecule has 0 aromatic rings. The first kappa shape index (κ1) is 13.4. The number of amides is 1. The Kier molecular flexibility index (Phi) is 8.85. The number of nitrogens with two attached hydrogens (primary N) is 2. The van der Waals surface area contributed by atoms with Crippen LogP contribution >= 0.6 is 0 Å². The van der Waals surface area contributed by atoms with Crippen molar-refractivity contribution in [3.05, 3.63) is 0 Å². The van der Waals surface area contributed by atoms with Crippen LogP contribution in [0.4, 0.5) is 0 Å². The van der Waals surface area contributed by atoms with Gasteiger partial charge in [-0.25, -0.2) is 5.84 Å². The van der Waals surface area contributed by atoms with Crippen molar-refractivity contribution in [2.24, 2.45) is 17.6 Å². The largest absolute Gasteiger partial charge is 0.550 e. The van der Waals surface area contributed by atoms with Crippen LogP contribution in [0.5, 0.6) is 0 Å². The van der Waals surface area contributed by atoms with Crippen molar-refractivity contribution >= 4 is 11.9 Å². The third-order valence-electron chi connectivity index (χ3n) is 1.06. The summed E-state index contributed by atoms with van der Waals surface area (Å²) in [6, 6.07) is 0. The van der Waals surface area contributed by atoms with E-state index in [1.165, 1.54) is 6.92 Å². The molecule has 0 spiro atoms. The predicted molar refractivity (Wildman–Crippen MR) is 38.2 cm³/mol. The lowest BCUT2D eigenvalue weighted by Crippen LogP contribution is -2.59. The summed E-state index contributed by atoms with van der Waals surface area (Å²) in [6.07, 6.45) is -0.303. The monoisotopic (exact) mass is 178 g/mol. The van der Waals surface area contributed by atoms with E-state index in [1.807, 2.05) is 5.43 Å². The van der Waals surface area contributed by atoms with Crippen LogP contribution < -0.4 is 28.1 Å². The Labute approximate surface area is 69.8 Å². The molecule has 0 aliphatic carbocycles. The van der Waals surface area contributed by atoms with Gasteiger partial charge in [0, 0.05) is 11.9 Å². The molecule has 0 rings (SSSR count). The Hall–Kier alpha value is -1.18. The molecule has 0 aliphatic rings. The number of carbonyl (C=O) groups excluding carboxylic acids is 2. The van der Waals surface area contributed by atoms with E-state index < -0.39 is 17.8 Å². The third-order valence-corrected chi connectivity index (χ3v) is 1.06. The number of quaternary nitrogens is 1. The van der Waals surface area contributed by atoms with E-state index in [-0.39, 0.29) is 6.42 Å². The molecular formula is C5H14N4O3. The summed E-state index contributed by atoms with van der Waals surface area (Å²) >= 11 is 0. The lowest BCUT2D eigenvalue weighted by molar-refractivity contribution is -0.379. The third kappa shape index (κ3) is 6.93. The van der Waals surface area contributed by atoms with E-state index in [0.717, 1.165) is 0 Å². The summed E-state index contributed by atoms with van der Waals surface area (Å²) in [6.45, 7) is 1.46. The molecular weight excluding hydrogens is 164 g/mol. The standard InChI is InChI=1S/C5H10N2O3.H4N2/c1-3(2-4(8)9)5(10)7-6;1-2/h3H,2,6H2,1H3,(H,7,10)(H,8,9);1-2H2. The van der Waals surface area contributed by atoms with Gasteiger partial charge in [-0.2, -0.15) is 5.84 Å². The number of carboxylic acid groups (broad SMARTS) is 1. The lowest BCUT2D eigenvalue weighted by Gasteiger charge is -2.08. The van der Waals surface area contributed by atoms with Crippen LogP contribution in [-0.2, 0) is 9.59 Å². The summed E-state index contributed by atoms with van der Waals surface area (Å²) in [4.78, 5) is 20.4. The maximum atomic E-state index is 10.5. The van der Waals surface area contributed by atoms with Crippen molar-refractivity contribution < 1.29 is 20.5 Å². The minimum atomic E-state index is -1.25. The van der Waals surface area contributed by atoms with Gasteiger partial charge >= 0.3 is 0 Å². The Balaban J connectivity index is 0. The van der Waals surface area contributed by atoms with E-state index in [2.05, 4.69) is 11.7 Å². The predicted octanol–water partition coefficient (Wildman–Crippen LogP) is -4.15. The molecule has 1 unspecified atom stereocenters. The number of carbonyl (C=O) groups is 2. The van der Waals surface area contributed by atoms with E-state index in [0.29, 0.717) is 0 Å². The van der Waals surface area contributed by atoms with Crippen LogP contribution in [0.3, 0.4) is 0 Å². The Bertz CT molecular complexity index is 150. The molecule has 8 N–H and O–H groups in total. The molecule has 0 aromatic carbocycles. The maximum Gasteiger partial charge on any atom is 0.237 e. The quantitative estimate of drug-likeness (QED) is 0.196. The zero-order valence-corrected chi connectivity index (χ0v) is 6.87. The van der Waals surface area contributed by atoms with Crippen LogP contribution in [0.2, 0.25) is 0 Å². The Morgan fingerprint density at radius 2 is 2.00 bits per heavy atom. The molecule has 0 saturated heterocycles. The second-order valence-corrected chi connectivity index (χ2v) is 1.99. The SMILES string of the molecule is CC(CC(=O)[O-])C(=O)NN.N[NH3+]. The highest BCUT2D eigenvalue weighted by atomic mass is 16.4. The van der Waals surface area contributed by atoms with Gasteiger partial charge in [-0.05, 0) is 6.42 Å². The number of hydrazine groups is 1. The summed E-state index contributed by atoms with van der Waals surface area (Å²) in [5.41, 5.74) is 1.84. The fourth-order valence-corrected chi connectivity index (χ4v) is 0.485. The first-order chi connectivity index (χ1) is 5.57. The smallest absolute Gasteiger partial charge is 0.237 e. The first-order valence-corrected chi connectivity index (χ1v) is 3.19. The van der Waals surface area contributed by atoms with Crippen molar-refractivity contribution in [2.75, 3.05) is 0 Å². The van der Waals surface area contributed by atoms with Crippen LogP contribution in [-0.4, -0.2) is 11.9 Å². The van der Waals surface area contributed by atoms with Gasteiger partial charge in [0.15, 0.2) is 0 Å². The Morgan fingerprint density at radius 3 is 2.25 bits per heavy atom. The fraction of sp³-hybridized carbons (Fsp3) is 0.600. The molecule has 0 heterocycles. The zero-order chi connectivity index (χ0) is 10.1. The minimum Gasteiger partial charge on any atom is -0.550 e. The highest BCUT2D eigenvalue weighted by Gasteiger charge is 2.10. The summed E-state index contributed by atoms with van der Waals surface area (Å²) in [7, 11) is 0. The van der Waals surface area contributed by atoms with Crippen LogP contribution in [0.25, 0.3) is 0 Å². The summed E-state index contributed by atoms with van der Waals surface area (Å²) in [5.74, 6) is 9.36. The van der Waals surface area contributed by atoms with Gasteiger partial charge in [-0.1, -0.05) is 6.92 Å². The van der Waals surface area contributed by atoms with Crippen molar-refractivity contribution in [1.82, 2.24) is 5.43 Å². The van der Waals surface area contributed by atoms with E-state index in [1.54, 1.807) is 0 Å². The number of rotatable bonds is 3. The molecule has 12 heavy (non-hydrogen) atoms. The van der Waals surface area contributed by atoms with E-state index in [9.17, 15) is 14.7 Å². The average Bonchev–Trinajstić information content (AvgIpc) is 2.05. The number of carboxylic acids is 1. The summed E-state index contributed by atoms with van der Waals surface area (Å²) in [5, 5.41) is 9.90. The van der Waals surface area contributed by atoms with Gasteiger partial charge in [0.2, 0.25) is 5.91 Å². The van der Waals surface area contributed by atoms with Crippen molar-refractivity contribution in [3.8, 4) is 0 Å². The lowest BCUT2D eigenvalue weighted by atomic mass is 10.1. The molecule has 0 bridgehead atoms. The van der Waals surface area contributed by atoms with Gasteiger partial charge in [0.25, 0.3) is 0 Å². The van der Waals surface area contributed by atoms with Gasteiger partial charge in [0.05, 0.1) is 0 Å². The van der Waals surface area contributed by atoms with E-state index in [4.69, 9.17) is 5.84 Å². The Morgan fingerprint density at radius 1 is 1.58 bits per heavy atom. The van der Waals surface area contributed by atoms with Crippen LogP contribution in [0.15, 0.2) is 0 Å². The van der Waals surface area contributed by atoms with Crippen LogP contribution in [0, 0.1) is 5.92 Å². The highest BCUT2D eigenvalue weighted by Crippen LogP contribution is 1.98. The molecule has 7 heteroatoms. The second kappa shape index (κ2) is 7.92. The molecule has 0 aliphatic heterocycles. The average molecular weight is 178 g/mol. The topological polar surface area (TPSA) is 149 Å².